The molecule has 0 saturated heterocycles. The highest BCUT2D eigenvalue weighted by atomic mass is 32.1. The predicted molar refractivity (Wildman–Crippen MR) is 106 cm³/mol. The van der Waals surface area contributed by atoms with Gasteiger partial charge in [-0.1, -0.05) is 0 Å². The van der Waals surface area contributed by atoms with Crippen molar-refractivity contribution in [3.05, 3.63) is 26.6 Å². The fourth-order valence-corrected chi connectivity index (χ4v) is 4.72. The number of amides is 1. The van der Waals surface area contributed by atoms with Crippen molar-refractivity contribution in [1.29, 1.82) is 5.26 Å². The highest BCUT2D eigenvalue weighted by molar-refractivity contribution is 7.18. The molecule has 2 aromatic rings. The van der Waals surface area contributed by atoms with Crippen LogP contribution in [-0.4, -0.2) is 52.9 Å². The maximum absolute atomic E-state index is 13.3. The van der Waals surface area contributed by atoms with E-state index in [4.69, 9.17) is 10.2 Å². The zero-order valence-electron chi connectivity index (χ0n) is 16.1. The summed E-state index contributed by atoms with van der Waals surface area (Å²) < 4.78 is 1.52. The van der Waals surface area contributed by atoms with Gasteiger partial charge in [0.2, 0.25) is 5.91 Å². The van der Waals surface area contributed by atoms with Gasteiger partial charge in [-0.2, -0.15) is 5.26 Å². The number of rotatable bonds is 6. The normalized spacial score (nSPS) is 13.6. The van der Waals surface area contributed by atoms with Crippen LogP contribution in [0.4, 0.5) is 0 Å². The van der Waals surface area contributed by atoms with Gasteiger partial charge in [-0.05, 0) is 45.3 Å². The first-order valence-electron chi connectivity index (χ1n) is 9.22. The predicted octanol–water partition coefficient (Wildman–Crippen LogP) is 1.77. The molecule has 0 spiro atoms. The van der Waals surface area contributed by atoms with Crippen LogP contribution in [0.25, 0.3) is 10.2 Å². The third kappa shape index (κ3) is 4.04. The number of carbonyl (C=O) groups is 1. The summed E-state index contributed by atoms with van der Waals surface area (Å²) in [4.78, 5) is 36.2. The molecule has 2 aromatic heterocycles. The minimum absolute atomic E-state index is 0.0442. The van der Waals surface area contributed by atoms with Crippen LogP contribution >= 0.6 is 11.3 Å². The Morgan fingerprint density at radius 1 is 1.30 bits per heavy atom. The highest BCUT2D eigenvalue weighted by Gasteiger charge is 2.23. The van der Waals surface area contributed by atoms with E-state index in [2.05, 4.69) is 0 Å². The summed E-state index contributed by atoms with van der Waals surface area (Å²) in [6.07, 6.45) is 4.44. The van der Waals surface area contributed by atoms with E-state index in [1.165, 1.54) is 14.3 Å². The number of nitrogens with zero attached hydrogens (tertiary/aromatic N) is 5. The molecule has 0 aromatic carbocycles. The largest absolute Gasteiger partial charge is 0.343 e. The lowest BCUT2D eigenvalue weighted by Crippen LogP contribution is -2.37. The SMILES string of the molecule is CN(C)Cc1nc2sc3c(c2c(=O)n1CC(=O)N(C)CCC#N)CCCC3. The number of aryl methyl sites for hydroxylation is 2. The second-order valence-electron chi connectivity index (χ2n) is 7.27. The smallest absolute Gasteiger partial charge is 0.263 e. The molecule has 0 atom stereocenters. The van der Waals surface area contributed by atoms with Gasteiger partial charge in [0.25, 0.3) is 5.56 Å². The third-order valence-corrected chi connectivity index (χ3v) is 6.08. The summed E-state index contributed by atoms with van der Waals surface area (Å²) in [5.74, 6) is 0.427. The topological polar surface area (TPSA) is 82.2 Å². The zero-order valence-corrected chi connectivity index (χ0v) is 16.9. The van der Waals surface area contributed by atoms with E-state index in [1.807, 2.05) is 25.1 Å². The number of thiophene rings is 1. The lowest BCUT2D eigenvalue weighted by Gasteiger charge is -2.19. The van der Waals surface area contributed by atoms with E-state index >= 15 is 0 Å². The van der Waals surface area contributed by atoms with Crippen molar-refractivity contribution in [3.8, 4) is 6.07 Å². The van der Waals surface area contributed by atoms with Gasteiger partial charge >= 0.3 is 0 Å². The monoisotopic (exact) mass is 387 g/mol. The van der Waals surface area contributed by atoms with Crippen molar-refractivity contribution in [1.82, 2.24) is 19.4 Å². The Labute approximate surface area is 162 Å². The Kier molecular flexibility index (Phi) is 5.92. The highest BCUT2D eigenvalue weighted by Crippen LogP contribution is 2.33. The van der Waals surface area contributed by atoms with Crippen molar-refractivity contribution >= 4 is 27.5 Å². The molecule has 1 aliphatic carbocycles. The summed E-state index contributed by atoms with van der Waals surface area (Å²) in [6, 6.07) is 2.04. The van der Waals surface area contributed by atoms with E-state index in [-0.39, 0.29) is 24.4 Å². The average molecular weight is 388 g/mol. The van der Waals surface area contributed by atoms with E-state index < -0.39 is 0 Å². The first-order chi connectivity index (χ1) is 12.9. The first-order valence-corrected chi connectivity index (χ1v) is 10.0. The van der Waals surface area contributed by atoms with Crippen LogP contribution in [0.15, 0.2) is 4.79 Å². The van der Waals surface area contributed by atoms with E-state index in [0.29, 0.717) is 24.3 Å². The van der Waals surface area contributed by atoms with Gasteiger partial charge in [-0.25, -0.2) is 4.98 Å². The lowest BCUT2D eigenvalue weighted by atomic mass is 9.97. The van der Waals surface area contributed by atoms with Crippen molar-refractivity contribution in [2.75, 3.05) is 27.7 Å². The number of nitriles is 1. The molecule has 27 heavy (non-hydrogen) atoms. The summed E-state index contributed by atoms with van der Waals surface area (Å²) in [5.41, 5.74) is 1.02. The second-order valence-corrected chi connectivity index (χ2v) is 8.36. The minimum Gasteiger partial charge on any atom is -0.343 e. The van der Waals surface area contributed by atoms with Gasteiger partial charge in [-0.3, -0.25) is 14.2 Å². The van der Waals surface area contributed by atoms with Crippen molar-refractivity contribution < 1.29 is 4.79 Å². The maximum atomic E-state index is 13.3. The van der Waals surface area contributed by atoms with E-state index in [1.54, 1.807) is 18.4 Å². The Morgan fingerprint density at radius 3 is 2.74 bits per heavy atom. The molecular weight excluding hydrogens is 362 g/mol. The minimum atomic E-state index is -0.183. The molecule has 0 fully saturated rings. The Morgan fingerprint density at radius 2 is 2.04 bits per heavy atom. The molecule has 2 heterocycles. The molecule has 0 unspecified atom stereocenters. The van der Waals surface area contributed by atoms with Crippen LogP contribution in [0.3, 0.4) is 0 Å². The lowest BCUT2D eigenvalue weighted by molar-refractivity contribution is -0.130. The standard InChI is InChI=1S/C19H25N5O2S/c1-22(2)11-15-21-18-17(13-7-4-5-8-14(13)27-18)19(26)24(15)12-16(25)23(3)10-6-9-20/h4-8,10-12H2,1-3H3. The van der Waals surface area contributed by atoms with Crippen LogP contribution in [0.2, 0.25) is 0 Å². The molecule has 7 nitrogen and oxygen atoms in total. The molecule has 144 valence electrons. The Bertz CT molecular complexity index is 954. The molecule has 0 aliphatic heterocycles. The summed E-state index contributed by atoms with van der Waals surface area (Å²) in [6.45, 7) is 0.803. The molecule has 3 rings (SSSR count). The summed E-state index contributed by atoms with van der Waals surface area (Å²) in [7, 11) is 5.50. The molecular formula is C19H25N5O2S. The number of aromatic nitrogens is 2. The Hall–Kier alpha value is -2.24. The fourth-order valence-electron chi connectivity index (χ4n) is 3.45. The van der Waals surface area contributed by atoms with Crippen LogP contribution in [0.1, 0.15) is 35.5 Å². The molecule has 0 N–H and O–H groups in total. The van der Waals surface area contributed by atoms with E-state index in [9.17, 15) is 9.59 Å². The summed E-state index contributed by atoms with van der Waals surface area (Å²) >= 11 is 1.63. The maximum Gasteiger partial charge on any atom is 0.263 e. The number of carbonyl (C=O) groups excluding carboxylic acids is 1. The molecule has 1 aliphatic rings. The van der Waals surface area contributed by atoms with Gasteiger partial charge in [0.1, 0.15) is 17.2 Å². The fraction of sp³-hybridized carbons (Fsp3) is 0.579. The molecule has 0 saturated carbocycles. The molecule has 0 bridgehead atoms. The third-order valence-electron chi connectivity index (χ3n) is 4.89. The van der Waals surface area contributed by atoms with Gasteiger partial charge in [0.05, 0.1) is 24.4 Å². The Balaban J connectivity index is 2.05. The van der Waals surface area contributed by atoms with Crippen LogP contribution < -0.4 is 5.56 Å². The molecule has 1 amide bonds. The molecule has 0 radical (unpaired) electrons. The van der Waals surface area contributed by atoms with Crippen molar-refractivity contribution in [2.24, 2.45) is 0 Å². The van der Waals surface area contributed by atoms with Gasteiger partial charge in [-0.15, -0.1) is 11.3 Å². The number of likely N-dealkylation sites (N-methyl/N-ethyl adjacent to an activating group) is 1. The van der Waals surface area contributed by atoms with E-state index in [0.717, 1.165) is 36.1 Å². The zero-order chi connectivity index (χ0) is 19.6. The second kappa shape index (κ2) is 8.19. The van der Waals surface area contributed by atoms with Crippen LogP contribution in [-0.2, 0) is 30.7 Å². The van der Waals surface area contributed by atoms with Gasteiger partial charge in [0.15, 0.2) is 0 Å². The number of fused-ring (bicyclic) bond motifs is 3. The van der Waals surface area contributed by atoms with Gasteiger partial charge < -0.3 is 9.80 Å². The van der Waals surface area contributed by atoms with Gasteiger partial charge in [0, 0.05) is 18.5 Å². The van der Waals surface area contributed by atoms with Crippen LogP contribution in [0.5, 0.6) is 0 Å². The summed E-state index contributed by atoms with van der Waals surface area (Å²) in [5, 5.41) is 9.42. The van der Waals surface area contributed by atoms with Crippen molar-refractivity contribution in [3.63, 3.8) is 0 Å². The quantitative estimate of drug-likeness (QED) is 0.754. The first kappa shape index (κ1) is 19.5. The molecule has 8 heteroatoms. The van der Waals surface area contributed by atoms with Crippen LogP contribution in [0, 0.1) is 11.3 Å². The number of hydrogen-bond donors (Lipinski definition) is 0. The van der Waals surface area contributed by atoms with Crippen molar-refractivity contribution in [2.45, 2.75) is 45.2 Å². The number of hydrogen-bond acceptors (Lipinski definition) is 6. The average Bonchev–Trinajstić information content (AvgIpc) is 3.00.